The van der Waals surface area contributed by atoms with E-state index in [1.807, 2.05) is 37.3 Å². The summed E-state index contributed by atoms with van der Waals surface area (Å²) in [4.78, 5) is 16.3. The molecule has 0 aliphatic carbocycles. The van der Waals surface area contributed by atoms with Crippen molar-refractivity contribution in [2.75, 3.05) is 6.79 Å². The quantitative estimate of drug-likeness (QED) is 0.716. The van der Waals surface area contributed by atoms with Crippen LogP contribution in [0.5, 0.6) is 17.2 Å². The minimum Gasteiger partial charge on any atom is -0.485 e. The van der Waals surface area contributed by atoms with E-state index in [2.05, 4.69) is 15.5 Å². The Morgan fingerprint density at radius 1 is 1.19 bits per heavy atom. The Kier molecular flexibility index (Phi) is 4.61. The molecular weight excluding hydrogens is 350 g/mol. The maximum absolute atomic E-state index is 12.3. The van der Waals surface area contributed by atoms with Crippen LogP contribution in [0.25, 0.3) is 0 Å². The number of nitrogens with one attached hydrogen (secondary N) is 1. The number of carbonyl (C=O) groups excluding carboxylic acids is 1. The largest absolute Gasteiger partial charge is 0.485 e. The van der Waals surface area contributed by atoms with Gasteiger partial charge < -0.3 is 24.1 Å². The van der Waals surface area contributed by atoms with Crippen molar-refractivity contribution >= 4 is 5.91 Å². The normalized spacial score (nSPS) is 13.2. The smallest absolute Gasteiger partial charge is 0.316 e. The van der Waals surface area contributed by atoms with Crippen molar-refractivity contribution in [3.05, 3.63) is 65.8 Å². The summed E-state index contributed by atoms with van der Waals surface area (Å²) in [6, 6.07) is 14.7. The van der Waals surface area contributed by atoms with E-state index < -0.39 is 5.91 Å². The molecule has 8 nitrogen and oxygen atoms in total. The maximum Gasteiger partial charge on any atom is 0.316 e. The Morgan fingerprint density at radius 2 is 2.00 bits per heavy atom. The monoisotopic (exact) mass is 367 g/mol. The minimum absolute atomic E-state index is 0.0602. The number of ether oxygens (including phenoxy) is 3. The third kappa shape index (κ3) is 3.84. The molecule has 4 rings (SSSR count). The fourth-order valence-corrected chi connectivity index (χ4v) is 2.60. The van der Waals surface area contributed by atoms with Gasteiger partial charge in [0.25, 0.3) is 0 Å². The molecule has 1 amide bonds. The average molecular weight is 367 g/mol. The number of hydrogen-bond acceptors (Lipinski definition) is 7. The van der Waals surface area contributed by atoms with Crippen LogP contribution in [-0.4, -0.2) is 22.8 Å². The second kappa shape index (κ2) is 7.36. The van der Waals surface area contributed by atoms with Crippen LogP contribution in [0.15, 0.2) is 53.1 Å². The molecule has 1 aromatic heterocycles. The number of aromatic nitrogens is 2. The number of rotatable bonds is 6. The van der Waals surface area contributed by atoms with E-state index in [0.717, 1.165) is 5.56 Å². The number of carbonyl (C=O) groups is 1. The lowest BCUT2D eigenvalue weighted by molar-refractivity contribution is 0.0895. The minimum atomic E-state index is -0.437. The zero-order valence-electron chi connectivity index (χ0n) is 14.5. The van der Waals surface area contributed by atoms with Crippen LogP contribution >= 0.6 is 0 Å². The molecule has 3 aromatic rings. The van der Waals surface area contributed by atoms with Gasteiger partial charge in [-0.05, 0) is 24.6 Å². The zero-order valence-corrected chi connectivity index (χ0v) is 14.5. The number of hydrogen-bond donors (Lipinski definition) is 1. The molecule has 2 heterocycles. The van der Waals surface area contributed by atoms with Gasteiger partial charge in [0, 0.05) is 6.07 Å². The van der Waals surface area contributed by atoms with Gasteiger partial charge in [-0.25, -0.2) is 0 Å². The fraction of sp³-hybridized carbons (Fsp3) is 0.211. The molecule has 0 bridgehead atoms. The van der Waals surface area contributed by atoms with Gasteiger partial charge in [0.1, 0.15) is 5.75 Å². The lowest BCUT2D eigenvalue weighted by Crippen LogP contribution is -2.26. The molecule has 1 atom stereocenters. The summed E-state index contributed by atoms with van der Waals surface area (Å²) in [7, 11) is 0. The topological polar surface area (TPSA) is 95.7 Å². The number of benzene rings is 2. The first-order valence-electron chi connectivity index (χ1n) is 8.40. The molecule has 0 saturated carbocycles. The van der Waals surface area contributed by atoms with Crippen molar-refractivity contribution in [3.8, 4) is 17.2 Å². The average Bonchev–Trinajstić information content (AvgIpc) is 3.36. The van der Waals surface area contributed by atoms with E-state index >= 15 is 0 Å². The highest BCUT2D eigenvalue weighted by atomic mass is 16.7. The summed E-state index contributed by atoms with van der Waals surface area (Å²) in [6.45, 7) is 2.14. The predicted octanol–water partition coefficient (Wildman–Crippen LogP) is 2.87. The van der Waals surface area contributed by atoms with Gasteiger partial charge in [-0.15, -0.1) is 0 Å². The summed E-state index contributed by atoms with van der Waals surface area (Å²) in [5.41, 5.74) is 0.983. The second-order valence-electron chi connectivity index (χ2n) is 5.93. The molecule has 0 spiro atoms. The van der Waals surface area contributed by atoms with Crippen LogP contribution in [0, 0.1) is 0 Å². The van der Waals surface area contributed by atoms with Crippen LogP contribution in [0.4, 0.5) is 0 Å². The molecule has 0 fully saturated rings. The summed E-state index contributed by atoms with van der Waals surface area (Å²) < 4.78 is 21.2. The molecule has 0 saturated heterocycles. The first-order chi connectivity index (χ1) is 13.2. The third-order valence-electron chi connectivity index (χ3n) is 4.02. The molecule has 2 aromatic carbocycles. The molecule has 1 N–H and O–H groups in total. The molecule has 138 valence electrons. The Bertz CT molecular complexity index is 942. The van der Waals surface area contributed by atoms with E-state index in [0.29, 0.717) is 17.2 Å². The Hall–Kier alpha value is -3.55. The lowest BCUT2D eigenvalue weighted by Gasteiger charge is -2.12. The number of amides is 1. The summed E-state index contributed by atoms with van der Waals surface area (Å²) in [5, 5.41) is 6.60. The van der Waals surface area contributed by atoms with Crippen molar-refractivity contribution in [2.24, 2.45) is 0 Å². The summed E-state index contributed by atoms with van der Waals surface area (Å²) >= 11 is 0. The van der Waals surface area contributed by atoms with Crippen molar-refractivity contribution in [3.63, 3.8) is 0 Å². The van der Waals surface area contributed by atoms with Gasteiger partial charge in [0.15, 0.2) is 18.1 Å². The maximum atomic E-state index is 12.3. The second-order valence-corrected chi connectivity index (χ2v) is 5.93. The van der Waals surface area contributed by atoms with E-state index in [1.165, 1.54) is 0 Å². The van der Waals surface area contributed by atoms with Crippen LogP contribution < -0.4 is 19.5 Å². The molecular formula is C19H17N3O5. The number of nitrogens with zero attached hydrogens (tertiary/aromatic N) is 2. The highest BCUT2D eigenvalue weighted by Gasteiger charge is 2.19. The molecule has 1 aliphatic heterocycles. The molecule has 8 heteroatoms. The van der Waals surface area contributed by atoms with E-state index in [1.54, 1.807) is 18.2 Å². The van der Waals surface area contributed by atoms with Gasteiger partial charge in [-0.2, -0.15) is 4.98 Å². The SMILES string of the molecule is C[C@@H](NC(=O)c1nc(COc2ccc3c(c2)OCO3)no1)c1ccccc1. The van der Waals surface area contributed by atoms with E-state index in [9.17, 15) is 4.79 Å². The van der Waals surface area contributed by atoms with Gasteiger partial charge in [-0.1, -0.05) is 35.5 Å². The third-order valence-corrected chi connectivity index (χ3v) is 4.02. The fourth-order valence-electron chi connectivity index (χ4n) is 2.60. The summed E-state index contributed by atoms with van der Waals surface area (Å²) in [6.07, 6.45) is 0. The Labute approximate surface area is 155 Å². The van der Waals surface area contributed by atoms with E-state index in [4.69, 9.17) is 18.7 Å². The van der Waals surface area contributed by atoms with Gasteiger partial charge in [-0.3, -0.25) is 4.79 Å². The molecule has 1 aliphatic rings. The standard InChI is InChI=1S/C19H17N3O5/c1-12(13-5-3-2-4-6-13)20-18(23)19-21-17(22-27-19)10-24-14-7-8-15-16(9-14)26-11-25-15/h2-9,12H,10-11H2,1H3,(H,20,23)/t12-/m1/s1. The predicted molar refractivity (Wildman–Crippen MR) is 93.5 cm³/mol. The first-order valence-corrected chi connectivity index (χ1v) is 8.40. The van der Waals surface area contributed by atoms with Gasteiger partial charge >= 0.3 is 11.8 Å². The number of fused-ring (bicyclic) bond motifs is 1. The Morgan fingerprint density at radius 3 is 2.85 bits per heavy atom. The van der Waals surface area contributed by atoms with Crippen LogP contribution in [0.2, 0.25) is 0 Å². The molecule has 0 radical (unpaired) electrons. The Balaban J connectivity index is 1.34. The summed E-state index contributed by atoms with van der Waals surface area (Å²) in [5.74, 6) is 1.59. The first kappa shape index (κ1) is 16.9. The van der Waals surface area contributed by atoms with Crippen LogP contribution in [0.1, 0.15) is 35.0 Å². The highest BCUT2D eigenvalue weighted by molar-refractivity contribution is 5.89. The van der Waals surface area contributed by atoms with Crippen LogP contribution in [0.3, 0.4) is 0 Å². The van der Waals surface area contributed by atoms with Crippen molar-refractivity contribution < 1.29 is 23.5 Å². The highest BCUT2D eigenvalue weighted by Crippen LogP contribution is 2.35. The van der Waals surface area contributed by atoms with E-state index in [-0.39, 0.29) is 31.2 Å². The zero-order chi connectivity index (χ0) is 18.6. The van der Waals surface area contributed by atoms with Gasteiger partial charge in [0.05, 0.1) is 6.04 Å². The van der Waals surface area contributed by atoms with Crippen molar-refractivity contribution in [1.29, 1.82) is 0 Å². The van der Waals surface area contributed by atoms with Crippen molar-refractivity contribution in [2.45, 2.75) is 19.6 Å². The van der Waals surface area contributed by atoms with Crippen LogP contribution in [-0.2, 0) is 6.61 Å². The van der Waals surface area contributed by atoms with Crippen molar-refractivity contribution in [1.82, 2.24) is 15.5 Å². The molecule has 0 unspecified atom stereocenters. The van der Waals surface area contributed by atoms with Gasteiger partial charge in [0.2, 0.25) is 12.6 Å². The lowest BCUT2D eigenvalue weighted by atomic mass is 10.1. The molecule has 27 heavy (non-hydrogen) atoms.